The molecule has 1 fully saturated rings. The molecule has 0 saturated heterocycles. The summed E-state index contributed by atoms with van der Waals surface area (Å²) in [5, 5.41) is 3.20. The van der Waals surface area contributed by atoms with Gasteiger partial charge in [0.15, 0.2) is 11.5 Å². The summed E-state index contributed by atoms with van der Waals surface area (Å²) in [6.45, 7) is 0. The summed E-state index contributed by atoms with van der Waals surface area (Å²) in [5.41, 5.74) is 12.3. The SMILES string of the molecule is COc1ccc(C=O)cc1OC(=O)C(N)C(N)NC1CCCCC1. The summed E-state index contributed by atoms with van der Waals surface area (Å²) in [6, 6.07) is 3.81. The number of ether oxygens (including phenoxy) is 2. The molecule has 0 aliphatic heterocycles. The Labute approximate surface area is 141 Å². The van der Waals surface area contributed by atoms with E-state index in [4.69, 9.17) is 20.9 Å². The Morgan fingerprint density at radius 2 is 1.96 bits per heavy atom. The number of hydrogen-bond acceptors (Lipinski definition) is 7. The second kappa shape index (κ2) is 8.77. The van der Waals surface area contributed by atoms with E-state index in [0.29, 0.717) is 17.6 Å². The van der Waals surface area contributed by atoms with E-state index in [2.05, 4.69) is 5.32 Å². The standard InChI is InChI=1S/C17H25N3O4/c1-23-13-8-7-11(10-21)9-14(13)24-17(22)15(18)16(19)20-12-5-3-2-4-6-12/h7-10,12,15-16,20H,2-6,18-19H2,1H3. The monoisotopic (exact) mass is 335 g/mol. The Morgan fingerprint density at radius 3 is 2.58 bits per heavy atom. The highest BCUT2D eigenvalue weighted by atomic mass is 16.6. The van der Waals surface area contributed by atoms with Crippen LogP contribution in [0.2, 0.25) is 0 Å². The summed E-state index contributed by atoms with van der Waals surface area (Å²) in [5.74, 6) is -0.186. The van der Waals surface area contributed by atoms with Crippen LogP contribution in [0.3, 0.4) is 0 Å². The molecule has 2 unspecified atom stereocenters. The molecule has 1 aromatic carbocycles. The molecular formula is C17H25N3O4. The first-order chi connectivity index (χ1) is 11.5. The molecule has 5 N–H and O–H groups in total. The van der Waals surface area contributed by atoms with Crippen LogP contribution in [0.4, 0.5) is 0 Å². The van der Waals surface area contributed by atoms with Crippen molar-refractivity contribution in [2.45, 2.75) is 50.4 Å². The Hall–Kier alpha value is -1.96. The fourth-order valence-corrected chi connectivity index (χ4v) is 2.81. The first kappa shape index (κ1) is 18.4. The second-order valence-electron chi connectivity index (χ2n) is 6.00. The largest absolute Gasteiger partial charge is 0.493 e. The van der Waals surface area contributed by atoms with Gasteiger partial charge in [-0.2, -0.15) is 0 Å². The van der Waals surface area contributed by atoms with E-state index < -0.39 is 18.2 Å². The number of aldehydes is 1. The average Bonchev–Trinajstić information content (AvgIpc) is 2.61. The second-order valence-corrected chi connectivity index (χ2v) is 6.00. The summed E-state index contributed by atoms with van der Waals surface area (Å²) in [4.78, 5) is 23.1. The predicted octanol–water partition coefficient (Wildman–Crippen LogP) is 0.947. The smallest absolute Gasteiger partial charge is 0.331 e. The van der Waals surface area contributed by atoms with Crippen LogP contribution in [-0.4, -0.2) is 37.6 Å². The molecule has 24 heavy (non-hydrogen) atoms. The Bertz CT molecular complexity index is 573. The van der Waals surface area contributed by atoms with E-state index in [1.54, 1.807) is 12.1 Å². The van der Waals surface area contributed by atoms with Gasteiger partial charge in [-0.3, -0.25) is 10.1 Å². The van der Waals surface area contributed by atoms with Crippen LogP contribution in [0.15, 0.2) is 18.2 Å². The van der Waals surface area contributed by atoms with Crippen LogP contribution in [0, 0.1) is 0 Å². The highest BCUT2D eigenvalue weighted by molar-refractivity contribution is 5.81. The maximum Gasteiger partial charge on any atom is 0.331 e. The average molecular weight is 335 g/mol. The van der Waals surface area contributed by atoms with E-state index in [-0.39, 0.29) is 11.8 Å². The first-order valence-corrected chi connectivity index (χ1v) is 8.17. The van der Waals surface area contributed by atoms with Crippen LogP contribution >= 0.6 is 0 Å². The lowest BCUT2D eigenvalue weighted by Crippen LogP contribution is -2.59. The summed E-state index contributed by atoms with van der Waals surface area (Å²) in [6.07, 6.45) is 5.57. The number of hydrogen-bond donors (Lipinski definition) is 3. The maximum absolute atomic E-state index is 12.3. The lowest BCUT2D eigenvalue weighted by Gasteiger charge is -2.28. The van der Waals surface area contributed by atoms with Crippen molar-refractivity contribution in [3.63, 3.8) is 0 Å². The van der Waals surface area contributed by atoms with Crippen molar-refractivity contribution in [3.05, 3.63) is 23.8 Å². The fourth-order valence-electron chi connectivity index (χ4n) is 2.81. The van der Waals surface area contributed by atoms with E-state index in [1.165, 1.54) is 19.6 Å². The van der Waals surface area contributed by atoms with E-state index in [1.807, 2.05) is 0 Å². The van der Waals surface area contributed by atoms with Gasteiger partial charge in [0.05, 0.1) is 13.3 Å². The molecule has 1 saturated carbocycles. The molecule has 0 radical (unpaired) electrons. The van der Waals surface area contributed by atoms with E-state index in [0.717, 1.165) is 25.7 Å². The summed E-state index contributed by atoms with van der Waals surface area (Å²) < 4.78 is 10.4. The maximum atomic E-state index is 12.3. The zero-order chi connectivity index (χ0) is 17.5. The van der Waals surface area contributed by atoms with Gasteiger partial charge in [-0.25, -0.2) is 4.79 Å². The van der Waals surface area contributed by atoms with Crippen molar-refractivity contribution in [2.24, 2.45) is 11.5 Å². The Balaban J connectivity index is 1.98. The minimum Gasteiger partial charge on any atom is -0.493 e. The van der Waals surface area contributed by atoms with Gasteiger partial charge in [-0.15, -0.1) is 0 Å². The van der Waals surface area contributed by atoms with Gasteiger partial charge >= 0.3 is 5.97 Å². The van der Waals surface area contributed by atoms with E-state index >= 15 is 0 Å². The number of nitrogens with one attached hydrogen (secondary N) is 1. The summed E-state index contributed by atoms with van der Waals surface area (Å²) >= 11 is 0. The summed E-state index contributed by atoms with van der Waals surface area (Å²) in [7, 11) is 1.45. The Kier molecular flexibility index (Phi) is 6.72. The molecule has 2 rings (SSSR count). The van der Waals surface area contributed by atoms with Gasteiger partial charge in [0.2, 0.25) is 0 Å². The molecule has 1 aliphatic rings. The van der Waals surface area contributed by atoms with Gasteiger partial charge < -0.3 is 20.9 Å². The fraction of sp³-hybridized carbons (Fsp3) is 0.529. The highest BCUT2D eigenvalue weighted by Crippen LogP contribution is 2.28. The molecule has 1 aliphatic carbocycles. The zero-order valence-corrected chi connectivity index (χ0v) is 13.9. The number of benzene rings is 1. The number of carbonyl (C=O) groups is 2. The molecule has 7 heteroatoms. The number of nitrogens with two attached hydrogens (primary N) is 2. The number of methoxy groups -OCH3 is 1. The number of rotatable bonds is 7. The lowest BCUT2D eigenvalue weighted by molar-refractivity contribution is -0.136. The van der Waals surface area contributed by atoms with Crippen molar-refractivity contribution in [2.75, 3.05) is 7.11 Å². The van der Waals surface area contributed by atoms with Crippen LogP contribution in [0.1, 0.15) is 42.5 Å². The minimum atomic E-state index is -1.02. The zero-order valence-electron chi connectivity index (χ0n) is 13.9. The van der Waals surface area contributed by atoms with Crippen molar-refractivity contribution in [3.8, 4) is 11.5 Å². The lowest BCUT2D eigenvalue weighted by atomic mass is 9.95. The highest BCUT2D eigenvalue weighted by Gasteiger charge is 2.27. The van der Waals surface area contributed by atoms with Crippen LogP contribution in [0.5, 0.6) is 11.5 Å². The molecular weight excluding hydrogens is 310 g/mol. The molecule has 0 amide bonds. The third-order valence-electron chi connectivity index (χ3n) is 4.23. The predicted molar refractivity (Wildman–Crippen MR) is 90.0 cm³/mol. The molecule has 0 aromatic heterocycles. The van der Waals surface area contributed by atoms with E-state index in [9.17, 15) is 9.59 Å². The van der Waals surface area contributed by atoms with Crippen LogP contribution in [0.25, 0.3) is 0 Å². The number of esters is 1. The molecule has 132 valence electrons. The van der Waals surface area contributed by atoms with Gasteiger partial charge in [0, 0.05) is 11.6 Å². The Morgan fingerprint density at radius 1 is 1.25 bits per heavy atom. The molecule has 0 bridgehead atoms. The third kappa shape index (κ3) is 4.77. The van der Waals surface area contributed by atoms with Crippen molar-refractivity contribution in [1.82, 2.24) is 5.32 Å². The quantitative estimate of drug-likeness (QED) is 0.294. The topological polar surface area (TPSA) is 117 Å². The molecule has 7 nitrogen and oxygen atoms in total. The van der Waals surface area contributed by atoms with Crippen LogP contribution < -0.4 is 26.3 Å². The van der Waals surface area contributed by atoms with Gasteiger partial charge in [-0.05, 0) is 31.0 Å². The van der Waals surface area contributed by atoms with Crippen molar-refractivity contribution >= 4 is 12.3 Å². The molecule has 1 aromatic rings. The molecule has 2 atom stereocenters. The van der Waals surface area contributed by atoms with Gasteiger partial charge in [0.1, 0.15) is 12.3 Å². The first-order valence-electron chi connectivity index (χ1n) is 8.17. The van der Waals surface area contributed by atoms with Gasteiger partial charge in [0.25, 0.3) is 0 Å². The van der Waals surface area contributed by atoms with Crippen LogP contribution in [-0.2, 0) is 4.79 Å². The van der Waals surface area contributed by atoms with Crippen molar-refractivity contribution in [1.29, 1.82) is 0 Å². The minimum absolute atomic E-state index is 0.146. The number of carbonyl (C=O) groups excluding carboxylic acids is 2. The third-order valence-corrected chi connectivity index (χ3v) is 4.23. The molecule has 0 spiro atoms. The van der Waals surface area contributed by atoms with Gasteiger partial charge in [-0.1, -0.05) is 19.3 Å². The normalized spacial score (nSPS) is 17.8. The van der Waals surface area contributed by atoms with Crippen molar-refractivity contribution < 1.29 is 19.1 Å². The molecule has 0 heterocycles.